The van der Waals surface area contributed by atoms with E-state index in [9.17, 15) is 21.6 Å². The van der Waals surface area contributed by atoms with Crippen LogP contribution in [0, 0.1) is 5.92 Å². The maximum absolute atomic E-state index is 12.7. The van der Waals surface area contributed by atoms with Crippen LogP contribution in [0.15, 0.2) is 29.2 Å². The zero-order valence-corrected chi connectivity index (χ0v) is 12.3. The Morgan fingerprint density at radius 2 is 2.05 bits per heavy atom. The van der Waals surface area contributed by atoms with Crippen molar-refractivity contribution >= 4 is 10.0 Å². The zero-order chi connectivity index (χ0) is 15.7. The molecule has 0 unspecified atom stereocenters. The SMILES string of the molecule is C[C@H]1CNCC[C@@H]1NS(=O)(=O)c1cccc(C(F)(F)F)c1. The minimum atomic E-state index is -4.56. The summed E-state index contributed by atoms with van der Waals surface area (Å²) in [6.45, 7) is 3.25. The van der Waals surface area contributed by atoms with Gasteiger partial charge < -0.3 is 5.32 Å². The van der Waals surface area contributed by atoms with Crippen molar-refractivity contribution in [3.63, 3.8) is 0 Å². The van der Waals surface area contributed by atoms with Crippen molar-refractivity contribution in [1.29, 1.82) is 0 Å². The molecule has 0 aromatic heterocycles. The Morgan fingerprint density at radius 3 is 2.67 bits per heavy atom. The van der Waals surface area contributed by atoms with Gasteiger partial charge in [0.05, 0.1) is 10.5 Å². The average Bonchev–Trinajstić information content (AvgIpc) is 2.40. The number of hydrogen-bond donors (Lipinski definition) is 2. The second kappa shape index (κ2) is 5.94. The molecule has 0 aliphatic carbocycles. The smallest absolute Gasteiger partial charge is 0.316 e. The molecule has 1 aromatic carbocycles. The van der Waals surface area contributed by atoms with Crippen LogP contribution >= 0.6 is 0 Å². The van der Waals surface area contributed by atoms with Crippen LogP contribution in [0.2, 0.25) is 0 Å². The first-order valence-electron chi connectivity index (χ1n) is 6.60. The Morgan fingerprint density at radius 1 is 1.33 bits per heavy atom. The lowest BCUT2D eigenvalue weighted by atomic mass is 9.97. The first-order chi connectivity index (χ1) is 9.70. The summed E-state index contributed by atoms with van der Waals surface area (Å²) in [5, 5.41) is 3.14. The highest BCUT2D eigenvalue weighted by atomic mass is 32.2. The predicted octanol–water partition coefficient (Wildman–Crippen LogP) is 1.98. The quantitative estimate of drug-likeness (QED) is 0.895. The highest BCUT2D eigenvalue weighted by Crippen LogP contribution is 2.30. The van der Waals surface area contributed by atoms with Crippen LogP contribution in [0.1, 0.15) is 18.9 Å². The van der Waals surface area contributed by atoms with E-state index in [0.29, 0.717) is 25.6 Å². The molecule has 1 aromatic rings. The fourth-order valence-electron chi connectivity index (χ4n) is 2.30. The first kappa shape index (κ1) is 16.3. The van der Waals surface area contributed by atoms with E-state index in [1.807, 2.05) is 6.92 Å². The van der Waals surface area contributed by atoms with Gasteiger partial charge in [0.1, 0.15) is 0 Å². The Labute approximate surface area is 121 Å². The molecule has 0 saturated carbocycles. The molecule has 1 saturated heterocycles. The average molecular weight is 322 g/mol. The summed E-state index contributed by atoms with van der Waals surface area (Å²) >= 11 is 0. The summed E-state index contributed by atoms with van der Waals surface area (Å²) in [5.74, 6) is 0.0827. The Bertz CT molecular complexity index is 602. The van der Waals surface area contributed by atoms with Crippen LogP contribution < -0.4 is 10.0 Å². The van der Waals surface area contributed by atoms with E-state index < -0.39 is 21.8 Å². The number of alkyl halides is 3. The summed E-state index contributed by atoms with van der Waals surface area (Å²) in [5.41, 5.74) is -0.969. The summed E-state index contributed by atoms with van der Waals surface area (Å²) < 4.78 is 64.9. The maximum Gasteiger partial charge on any atom is 0.416 e. The van der Waals surface area contributed by atoms with Gasteiger partial charge in [-0.25, -0.2) is 13.1 Å². The van der Waals surface area contributed by atoms with Gasteiger partial charge in [-0.05, 0) is 43.6 Å². The van der Waals surface area contributed by atoms with Crippen molar-refractivity contribution < 1.29 is 21.6 Å². The third-order valence-electron chi connectivity index (χ3n) is 3.56. The van der Waals surface area contributed by atoms with E-state index in [-0.39, 0.29) is 16.9 Å². The first-order valence-corrected chi connectivity index (χ1v) is 8.09. The van der Waals surface area contributed by atoms with Crippen LogP contribution in [0.4, 0.5) is 13.2 Å². The molecule has 1 aliphatic heterocycles. The molecular formula is C13H17F3N2O2S. The third kappa shape index (κ3) is 3.96. The summed E-state index contributed by atoms with van der Waals surface area (Å²) in [4.78, 5) is -0.358. The minimum absolute atomic E-state index is 0.0827. The van der Waals surface area contributed by atoms with Crippen molar-refractivity contribution in [1.82, 2.24) is 10.0 Å². The Balaban J connectivity index is 2.23. The summed E-state index contributed by atoms with van der Waals surface area (Å²) in [6, 6.07) is 3.51. The summed E-state index contributed by atoms with van der Waals surface area (Å²) in [7, 11) is -3.95. The fraction of sp³-hybridized carbons (Fsp3) is 0.538. The summed E-state index contributed by atoms with van der Waals surface area (Å²) in [6.07, 6.45) is -3.95. The van der Waals surface area contributed by atoms with Gasteiger partial charge in [-0.2, -0.15) is 13.2 Å². The monoisotopic (exact) mass is 322 g/mol. The van der Waals surface area contributed by atoms with Gasteiger partial charge in [0.25, 0.3) is 0 Å². The van der Waals surface area contributed by atoms with Gasteiger partial charge in [0, 0.05) is 6.04 Å². The number of sulfonamides is 1. The molecule has 1 fully saturated rings. The van der Waals surface area contributed by atoms with Crippen molar-refractivity contribution in [3.05, 3.63) is 29.8 Å². The lowest BCUT2D eigenvalue weighted by Crippen LogP contribution is -2.48. The Hall–Kier alpha value is -1.12. The molecule has 0 radical (unpaired) electrons. The van der Waals surface area contributed by atoms with E-state index in [4.69, 9.17) is 0 Å². The van der Waals surface area contributed by atoms with Crippen molar-refractivity contribution in [2.24, 2.45) is 5.92 Å². The highest BCUT2D eigenvalue weighted by molar-refractivity contribution is 7.89. The molecule has 2 N–H and O–H groups in total. The number of benzene rings is 1. The van der Waals surface area contributed by atoms with E-state index in [1.165, 1.54) is 6.07 Å². The molecule has 21 heavy (non-hydrogen) atoms. The van der Waals surface area contributed by atoms with Gasteiger partial charge in [-0.3, -0.25) is 0 Å². The van der Waals surface area contributed by atoms with Crippen molar-refractivity contribution in [3.8, 4) is 0 Å². The lowest BCUT2D eigenvalue weighted by molar-refractivity contribution is -0.137. The number of nitrogens with one attached hydrogen (secondary N) is 2. The molecule has 1 aliphatic rings. The molecule has 0 bridgehead atoms. The zero-order valence-electron chi connectivity index (χ0n) is 11.4. The second-order valence-corrected chi connectivity index (χ2v) is 6.94. The normalized spacial score (nSPS) is 24.0. The highest BCUT2D eigenvalue weighted by Gasteiger charge is 2.32. The third-order valence-corrected chi connectivity index (χ3v) is 5.05. The van der Waals surface area contributed by atoms with Gasteiger partial charge in [0.15, 0.2) is 0 Å². The predicted molar refractivity (Wildman–Crippen MR) is 72.2 cm³/mol. The number of hydrogen-bond acceptors (Lipinski definition) is 3. The molecule has 2 rings (SSSR count). The molecule has 0 amide bonds. The lowest BCUT2D eigenvalue weighted by Gasteiger charge is -2.30. The van der Waals surface area contributed by atoms with Crippen LogP contribution in [0.3, 0.4) is 0 Å². The van der Waals surface area contributed by atoms with E-state index in [1.54, 1.807) is 0 Å². The molecule has 118 valence electrons. The number of halogens is 3. The van der Waals surface area contributed by atoms with Crippen LogP contribution in [-0.4, -0.2) is 27.5 Å². The van der Waals surface area contributed by atoms with Crippen molar-refractivity contribution in [2.45, 2.75) is 30.5 Å². The molecule has 1 heterocycles. The van der Waals surface area contributed by atoms with Crippen molar-refractivity contribution in [2.75, 3.05) is 13.1 Å². The van der Waals surface area contributed by atoms with E-state index in [2.05, 4.69) is 10.0 Å². The number of piperidine rings is 1. The Kier molecular flexibility index (Phi) is 4.60. The molecule has 8 heteroatoms. The minimum Gasteiger partial charge on any atom is -0.316 e. The molecular weight excluding hydrogens is 305 g/mol. The fourth-order valence-corrected chi connectivity index (χ4v) is 3.72. The van der Waals surface area contributed by atoms with Gasteiger partial charge >= 0.3 is 6.18 Å². The largest absolute Gasteiger partial charge is 0.416 e. The van der Waals surface area contributed by atoms with Gasteiger partial charge in [-0.1, -0.05) is 13.0 Å². The van der Waals surface area contributed by atoms with E-state index in [0.717, 1.165) is 12.1 Å². The number of rotatable bonds is 3. The van der Waals surface area contributed by atoms with Crippen LogP contribution in [0.5, 0.6) is 0 Å². The van der Waals surface area contributed by atoms with Crippen LogP contribution in [0.25, 0.3) is 0 Å². The van der Waals surface area contributed by atoms with E-state index >= 15 is 0 Å². The van der Waals surface area contributed by atoms with Gasteiger partial charge in [0.2, 0.25) is 10.0 Å². The maximum atomic E-state index is 12.7. The standard InChI is InChI=1S/C13H17F3N2O2S/c1-9-8-17-6-5-12(9)18-21(19,20)11-4-2-3-10(7-11)13(14,15)16/h2-4,7,9,12,17-18H,5-6,8H2,1H3/t9-,12-/m0/s1. The van der Waals surface area contributed by atoms with Crippen LogP contribution in [-0.2, 0) is 16.2 Å². The molecule has 0 spiro atoms. The molecule has 4 nitrogen and oxygen atoms in total. The second-order valence-electron chi connectivity index (χ2n) is 5.22. The molecule has 2 atom stereocenters. The van der Waals surface area contributed by atoms with Gasteiger partial charge in [-0.15, -0.1) is 0 Å². The topological polar surface area (TPSA) is 58.2 Å².